The van der Waals surface area contributed by atoms with Crippen LogP contribution in [0.1, 0.15) is 117 Å². The Hall–Kier alpha value is -4.03. The summed E-state index contributed by atoms with van der Waals surface area (Å²) in [7, 11) is 0. The van der Waals surface area contributed by atoms with E-state index in [0.717, 1.165) is 11.1 Å². The van der Waals surface area contributed by atoms with Gasteiger partial charge in [0.1, 0.15) is 24.4 Å². The maximum absolute atomic E-state index is 12.6. The van der Waals surface area contributed by atoms with E-state index in [9.17, 15) is 14.4 Å². The van der Waals surface area contributed by atoms with Gasteiger partial charge in [-0.3, -0.25) is 0 Å². The number of hydrogen-bond acceptors (Lipinski definition) is 11. The van der Waals surface area contributed by atoms with Gasteiger partial charge in [0.05, 0.1) is 11.1 Å². The van der Waals surface area contributed by atoms with Crippen molar-refractivity contribution >= 4 is 18.1 Å². The van der Waals surface area contributed by atoms with Crippen LogP contribution < -0.4 is 0 Å². The van der Waals surface area contributed by atoms with Crippen molar-refractivity contribution in [2.45, 2.75) is 118 Å². The second-order valence-corrected chi connectivity index (χ2v) is 14.5. The Labute approximate surface area is 296 Å². The number of hydrogen-bond donors (Lipinski definition) is 0. The average Bonchev–Trinajstić information content (AvgIpc) is 2.99. The van der Waals surface area contributed by atoms with E-state index in [4.69, 9.17) is 38.5 Å². The number of rotatable bonds is 18. The largest absolute Gasteiger partial charge is 0.514 e. The van der Waals surface area contributed by atoms with Gasteiger partial charge in [0.25, 0.3) is 11.6 Å². The summed E-state index contributed by atoms with van der Waals surface area (Å²) in [5.41, 5.74) is 2.35. The minimum Gasteiger partial charge on any atom is -0.420 e. The van der Waals surface area contributed by atoms with E-state index in [0.29, 0.717) is 11.8 Å². The Morgan fingerprint density at radius 2 is 0.840 bits per heavy atom. The van der Waals surface area contributed by atoms with E-state index < -0.39 is 40.9 Å². The molecular weight excluding hydrogens is 644 g/mol. The van der Waals surface area contributed by atoms with Crippen LogP contribution in [0.25, 0.3) is 0 Å². The summed E-state index contributed by atoms with van der Waals surface area (Å²) in [4.78, 5) is 59.6. The SMILES string of the molecule is C=C(COOC(C)(C)c1ccc(C(C)C)cc1)C(=O)OC(C)(C)OC(=O)OC(C)(C)OC(=O)C(=C)COOC(C)(C)c1ccc(C(C)C)cc1. The lowest BCUT2D eigenvalue weighted by atomic mass is 9.94. The molecule has 11 heteroatoms. The predicted octanol–water partition coefficient (Wildman–Crippen LogP) is 8.82. The molecule has 2 rings (SSSR count). The zero-order valence-corrected chi connectivity index (χ0v) is 31.6. The van der Waals surface area contributed by atoms with Crippen molar-refractivity contribution in [3.05, 3.63) is 95.1 Å². The van der Waals surface area contributed by atoms with Gasteiger partial charge in [-0.05, 0) is 61.8 Å². The minimum atomic E-state index is -1.79. The molecule has 0 atom stereocenters. The summed E-state index contributed by atoms with van der Waals surface area (Å²) in [5.74, 6) is -4.58. The molecule has 0 aliphatic rings. The van der Waals surface area contributed by atoms with Gasteiger partial charge in [-0.2, -0.15) is 0 Å². The van der Waals surface area contributed by atoms with Gasteiger partial charge >= 0.3 is 18.1 Å². The second-order valence-electron chi connectivity index (χ2n) is 14.5. The third-order valence-corrected chi connectivity index (χ3v) is 7.46. The van der Waals surface area contributed by atoms with Crippen molar-refractivity contribution in [2.75, 3.05) is 13.2 Å². The second kappa shape index (κ2) is 17.3. The third kappa shape index (κ3) is 13.4. The van der Waals surface area contributed by atoms with Crippen LogP contribution >= 0.6 is 0 Å². The Morgan fingerprint density at radius 3 is 1.12 bits per heavy atom. The van der Waals surface area contributed by atoms with E-state index >= 15 is 0 Å². The molecule has 0 amide bonds. The van der Waals surface area contributed by atoms with Crippen LogP contribution in [0.2, 0.25) is 0 Å². The Kier molecular flexibility index (Phi) is 14.5. The van der Waals surface area contributed by atoms with Gasteiger partial charge in [-0.15, -0.1) is 0 Å². The third-order valence-electron chi connectivity index (χ3n) is 7.46. The van der Waals surface area contributed by atoms with E-state index in [2.05, 4.69) is 40.9 Å². The van der Waals surface area contributed by atoms with Gasteiger partial charge in [0.2, 0.25) is 0 Å². The lowest BCUT2D eigenvalue weighted by Gasteiger charge is -2.29. The molecule has 0 aliphatic carbocycles. The van der Waals surface area contributed by atoms with Gasteiger partial charge in [0, 0.05) is 27.7 Å². The molecule has 11 nitrogen and oxygen atoms in total. The molecule has 0 fully saturated rings. The molecule has 2 aromatic carbocycles. The Balaban J connectivity index is 1.79. The molecule has 0 heterocycles. The molecule has 0 bridgehead atoms. The molecule has 0 saturated heterocycles. The van der Waals surface area contributed by atoms with Crippen molar-refractivity contribution in [3.63, 3.8) is 0 Å². The zero-order chi connectivity index (χ0) is 38.1. The number of benzene rings is 2. The standard InChI is InChI=1S/C39H54O11/c1-25(2)29-15-19-31(20-16-29)36(7,8)49-43-23-27(5)33(40)45-38(11,12)47-35(42)48-39(13,14)46-34(41)28(6)24-44-50-37(9,10)32-21-17-30(18-22-32)26(3)4/h15-22,25-26H,5-6,23-24H2,1-4,7-14H3. The van der Waals surface area contributed by atoms with Crippen molar-refractivity contribution in [1.82, 2.24) is 0 Å². The van der Waals surface area contributed by atoms with Gasteiger partial charge < -0.3 is 18.9 Å². The average molecular weight is 699 g/mol. The minimum absolute atomic E-state index is 0.0904. The molecule has 0 unspecified atom stereocenters. The summed E-state index contributed by atoms with van der Waals surface area (Å²) < 4.78 is 20.9. The summed E-state index contributed by atoms with van der Waals surface area (Å²) >= 11 is 0. The molecule has 2 aromatic rings. The van der Waals surface area contributed by atoms with E-state index in [1.165, 1.54) is 38.8 Å². The first-order valence-electron chi connectivity index (χ1n) is 16.5. The normalized spacial score (nSPS) is 12.4. The first-order valence-corrected chi connectivity index (χ1v) is 16.5. The fourth-order valence-electron chi connectivity index (χ4n) is 4.30. The van der Waals surface area contributed by atoms with E-state index in [1.54, 1.807) is 0 Å². The molecule has 0 radical (unpaired) electrons. The summed E-state index contributed by atoms with van der Waals surface area (Å²) in [6.45, 7) is 27.8. The molecule has 0 spiro atoms. The monoisotopic (exact) mass is 698 g/mol. The number of ether oxygens (including phenoxy) is 4. The first kappa shape index (κ1) is 42.1. The van der Waals surface area contributed by atoms with Crippen LogP contribution in [-0.2, 0) is 59.3 Å². The maximum Gasteiger partial charge on any atom is 0.514 e. The van der Waals surface area contributed by atoms with Gasteiger partial charge in [-0.25, -0.2) is 33.9 Å². The van der Waals surface area contributed by atoms with Crippen molar-refractivity contribution in [1.29, 1.82) is 0 Å². The number of carbonyl (C=O) groups is 3. The molecule has 276 valence electrons. The summed E-state index contributed by atoms with van der Waals surface area (Å²) in [6.07, 6.45) is -1.27. The predicted molar refractivity (Wildman–Crippen MR) is 187 cm³/mol. The van der Waals surface area contributed by atoms with Crippen LogP contribution in [0.15, 0.2) is 72.8 Å². The Bertz CT molecular complexity index is 1370. The molecule has 0 saturated carbocycles. The highest BCUT2D eigenvalue weighted by Gasteiger charge is 2.35. The quantitative estimate of drug-likeness (QED) is 0.0487. The number of carbonyl (C=O) groups excluding carboxylic acids is 3. The van der Waals surface area contributed by atoms with Gasteiger partial charge in [-0.1, -0.05) is 89.4 Å². The molecule has 0 N–H and O–H groups in total. The van der Waals surface area contributed by atoms with Crippen molar-refractivity contribution in [2.24, 2.45) is 0 Å². The zero-order valence-electron chi connectivity index (χ0n) is 31.6. The Morgan fingerprint density at radius 1 is 0.540 bits per heavy atom. The number of esters is 2. The fourth-order valence-corrected chi connectivity index (χ4v) is 4.30. The molecule has 0 aliphatic heterocycles. The van der Waals surface area contributed by atoms with Crippen LogP contribution in [0.3, 0.4) is 0 Å². The highest BCUT2D eigenvalue weighted by atomic mass is 17.2. The van der Waals surface area contributed by atoms with E-state index in [1.807, 2.05) is 76.2 Å². The van der Waals surface area contributed by atoms with E-state index in [-0.39, 0.29) is 24.4 Å². The summed E-state index contributed by atoms with van der Waals surface area (Å²) in [6, 6.07) is 15.9. The fraction of sp³-hybridized carbons (Fsp3) is 0.513. The van der Waals surface area contributed by atoms with Crippen molar-refractivity contribution in [3.8, 4) is 0 Å². The smallest absolute Gasteiger partial charge is 0.420 e. The van der Waals surface area contributed by atoms with Gasteiger partial charge in [0.15, 0.2) is 0 Å². The maximum atomic E-state index is 12.6. The lowest BCUT2D eigenvalue weighted by Crippen LogP contribution is -2.40. The lowest BCUT2D eigenvalue weighted by molar-refractivity contribution is -0.353. The first-order chi connectivity index (χ1) is 22.9. The van der Waals surface area contributed by atoms with Crippen molar-refractivity contribution < 1.29 is 52.9 Å². The highest BCUT2D eigenvalue weighted by Crippen LogP contribution is 2.29. The molecule has 0 aromatic heterocycles. The topological polar surface area (TPSA) is 125 Å². The van der Waals surface area contributed by atoms with Crippen LogP contribution in [-0.4, -0.2) is 42.9 Å². The van der Waals surface area contributed by atoms with Crippen LogP contribution in [0, 0.1) is 0 Å². The summed E-state index contributed by atoms with van der Waals surface area (Å²) in [5, 5.41) is 0. The van der Waals surface area contributed by atoms with Crippen LogP contribution in [0.4, 0.5) is 4.79 Å². The molecule has 50 heavy (non-hydrogen) atoms. The molecular formula is C39H54O11. The van der Waals surface area contributed by atoms with Crippen LogP contribution in [0.5, 0.6) is 0 Å². The highest BCUT2D eigenvalue weighted by molar-refractivity contribution is 5.88.